The molecule has 0 spiro atoms. The number of hydrogen-bond acceptors (Lipinski definition) is 4. The highest BCUT2D eigenvalue weighted by molar-refractivity contribution is 6.04. The van der Waals surface area contributed by atoms with Crippen molar-refractivity contribution in [1.29, 1.82) is 0 Å². The van der Waals surface area contributed by atoms with E-state index in [0.29, 0.717) is 17.0 Å². The van der Waals surface area contributed by atoms with Crippen LogP contribution in [0.2, 0.25) is 0 Å². The first-order valence-electron chi connectivity index (χ1n) is 10.8. The van der Waals surface area contributed by atoms with Crippen molar-refractivity contribution < 1.29 is 4.79 Å². The van der Waals surface area contributed by atoms with Crippen molar-refractivity contribution >= 4 is 16.9 Å². The first kappa shape index (κ1) is 20.4. The first-order chi connectivity index (χ1) is 13.5. The summed E-state index contributed by atoms with van der Waals surface area (Å²) in [6.07, 6.45) is 5.59. The number of carbonyl (C=O) groups is 1. The van der Waals surface area contributed by atoms with Crippen LogP contribution in [-0.2, 0) is 5.54 Å². The highest BCUT2D eigenvalue weighted by atomic mass is 16.1. The smallest absolute Gasteiger partial charge is 0.250 e. The van der Waals surface area contributed by atoms with Crippen LogP contribution in [0.4, 0.5) is 0 Å². The van der Waals surface area contributed by atoms with Crippen LogP contribution in [0.25, 0.3) is 11.0 Å². The van der Waals surface area contributed by atoms with Gasteiger partial charge in [0, 0.05) is 11.1 Å². The summed E-state index contributed by atoms with van der Waals surface area (Å²) in [6, 6.07) is 5.59. The number of nitrogens with one attached hydrogen (secondary N) is 2. The zero-order valence-corrected chi connectivity index (χ0v) is 18.4. The molecule has 6 nitrogen and oxygen atoms in total. The number of para-hydroxylation sites is 1. The third kappa shape index (κ3) is 3.46. The van der Waals surface area contributed by atoms with Crippen LogP contribution in [-0.4, -0.2) is 45.4 Å². The van der Waals surface area contributed by atoms with Crippen LogP contribution in [0.5, 0.6) is 0 Å². The number of amides is 1. The molecule has 3 heterocycles. The molecule has 2 aromatic rings. The third-order valence-corrected chi connectivity index (χ3v) is 7.50. The maximum Gasteiger partial charge on any atom is 0.250 e. The lowest BCUT2D eigenvalue weighted by molar-refractivity contribution is -0.0377. The molecule has 0 saturated carbocycles. The Morgan fingerprint density at radius 3 is 2.52 bits per heavy atom. The second kappa shape index (κ2) is 6.81. The van der Waals surface area contributed by atoms with E-state index in [2.05, 4.69) is 49.9 Å². The summed E-state index contributed by atoms with van der Waals surface area (Å²) in [7, 11) is 2.25. The topological polar surface area (TPSA) is 87.0 Å². The molecule has 2 aliphatic heterocycles. The van der Waals surface area contributed by atoms with Gasteiger partial charge in [-0.25, -0.2) is 4.98 Å². The lowest BCUT2D eigenvalue weighted by Crippen LogP contribution is -2.59. The highest BCUT2D eigenvalue weighted by Crippen LogP contribution is 2.46. The number of benzene rings is 1. The summed E-state index contributed by atoms with van der Waals surface area (Å²) in [5, 5.41) is 3.79. The van der Waals surface area contributed by atoms with E-state index in [0.717, 1.165) is 37.1 Å². The molecule has 2 aliphatic rings. The fourth-order valence-electron chi connectivity index (χ4n) is 5.95. The Bertz CT molecular complexity index is 904. The number of nitrogens with zero attached hydrogens (tertiary/aromatic N) is 2. The monoisotopic (exact) mass is 397 g/mol. The first-order valence-corrected chi connectivity index (χ1v) is 10.8. The van der Waals surface area contributed by atoms with Crippen molar-refractivity contribution in [2.75, 3.05) is 13.6 Å². The van der Waals surface area contributed by atoms with E-state index in [1.807, 2.05) is 12.1 Å². The van der Waals surface area contributed by atoms with Gasteiger partial charge in [-0.15, -0.1) is 0 Å². The Hall–Kier alpha value is -1.92. The minimum Gasteiger partial charge on any atom is -0.366 e. The second-order valence-electron chi connectivity index (χ2n) is 10.4. The van der Waals surface area contributed by atoms with Crippen LogP contribution in [0.1, 0.15) is 76.0 Å². The highest BCUT2D eigenvalue weighted by Gasteiger charge is 2.47. The zero-order chi connectivity index (χ0) is 21.0. The Labute approximate surface area is 173 Å². The quantitative estimate of drug-likeness (QED) is 0.736. The molecule has 6 heteroatoms. The van der Waals surface area contributed by atoms with Gasteiger partial charge in [-0.2, -0.15) is 0 Å². The van der Waals surface area contributed by atoms with Crippen molar-refractivity contribution in [3.8, 4) is 0 Å². The second-order valence-corrected chi connectivity index (χ2v) is 10.4. The van der Waals surface area contributed by atoms with Crippen molar-refractivity contribution in [2.45, 2.75) is 76.4 Å². The molecule has 4 rings (SSSR count). The summed E-state index contributed by atoms with van der Waals surface area (Å²) >= 11 is 0. The number of primary amides is 1. The lowest BCUT2D eigenvalue weighted by atomic mass is 9.69. The summed E-state index contributed by atoms with van der Waals surface area (Å²) in [4.78, 5) is 22.8. The summed E-state index contributed by atoms with van der Waals surface area (Å²) < 4.78 is 0. The molecular weight excluding hydrogens is 362 g/mol. The molecule has 4 N–H and O–H groups in total. The van der Waals surface area contributed by atoms with Crippen LogP contribution < -0.4 is 11.1 Å². The number of imidazole rings is 1. The van der Waals surface area contributed by atoms with Gasteiger partial charge in [-0.05, 0) is 91.4 Å². The molecule has 0 radical (unpaired) electrons. The fourth-order valence-corrected chi connectivity index (χ4v) is 5.95. The van der Waals surface area contributed by atoms with E-state index >= 15 is 0 Å². The minimum absolute atomic E-state index is 0.166. The van der Waals surface area contributed by atoms with Crippen LogP contribution >= 0.6 is 0 Å². The molecule has 0 aliphatic carbocycles. The summed E-state index contributed by atoms with van der Waals surface area (Å²) in [5.74, 6) is 1.12. The van der Waals surface area contributed by atoms with E-state index in [1.165, 1.54) is 12.8 Å². The SMILES string of the molecule is CN1C(C)(C)CC(CC2(c3nc4c(C(N)=O)cccc4[nH]3)CCCN2)CC1(C)C. The largest absolute Gasteiger partial charge is 0.366 e. The van der Waals surface area contributed by atoms with Crippen molar-refractivity contribution in [1.82, 2.24) is 20.2 Å². The molecule has 1 atom stereocenters. The molecule has 2 saturated heterocycles. The number of carbonyl (C=O) groups excluding carboxylic acids is 1. The van der Waals surface area contributed by atoms with Gasteiger partial charge in [-0.3, -0.25) is 9.69 Å². The number of aromatic nitrogens is 2. The molecule has 1 amide bonds. The number of piperidine rings is 1. The number of aromatic amines is 1. The molecule has 1 aromatic heterocycles. The Morgan fingerprint density at radius 2 is 1.93 bits per heavy atom. The third-order valence-electron chi connectivity index (χ3n) is 7.50. The number of fused-ring (bicyclic) bond motifs is 1. The van der Waals surface area contributed by atoms with Crippen LogP contribution in [0, 0.1) is 5.92 Å². The Balaban J connectivity index is 1.70. The van der Waals surface area contributed by atoms with Gasteiger partial charge in [0.15, 0.2) is 0 Å². The van der Waals surface area contributed by atoms with E-state index in [1.54, 1.807) is 6.07 Å². The van der Waals surface area contributed by atoms with Gasteiger partial charge in [0.2, 0.25) is 0 Å². The number of likely N-dealkylation sites (tertiary alicyclic amines) is 1. The maximum atomic E-state index is 11.9. The van der Waals surface area contributed by atoms with Gasteiger partial charge in [-0.1, -0.05) is 6.07 Å². The van der Waals surface area contributed by atoms with Crippen molar-refractivity contribution in [3.63, 3.8) is 0 Å². The number of nitrogens with two attached hydrogens (primary N) is 1. The van der Waals surface area contributed by atoms with E-state index in [9.17, 15) is 4.79 Å². The number of hydrogen-bond donors (Lipinski definition) is 3. The van der Waals surface area contributed by atoms with E-state index in [-0.39, 0.29) is 16.6 Å². The molecular formula is C23H35N5O. The van der Waals surface area contributed by atoms with Crippen LogP contribution in [0.15, 0.2) is 18.2 Å². The Morgan fingerprint density at radius 1 is 1.24 bits per heavy atom. The summed E-state index contributed by atoms with van der Waals surface area (Å²) in [6.45, 7) is 10.4. The van der Waals surface area contributed by atoms with Crippen LogP contribution in [0.3, 0.4) is 0 Å². The molecule has 29 heavy (non-hydrogen) atoms. The average Bonchev–Trinajstić information content (AvgIpc) is 3.26. The normalized spacial score (nSPS) is 27.5. The van der Waals surface area contributed by atoms with Crippen molar-refractivity contribution in [3.05, 3.63) is 29.6 Å². The molecule has 1 unspecified atom stereocenters. The average molecular weight is 398 g/mol. The van der Waals surface area contributed by atoms with E-state index in [4.69, 9.17) is 10.7 Å². The molecule has 2 fully saturated rings. The number of rotatable bonds is 4. The van der Waals surface area contributed by atoms with Gasteiger partial charge >= 0.3 is 0 Å². The standard InChI is InChI=1S/C23H35N5O/c1-21(2)12-15(13-22(3,4)28(21)5)14-23(10-7-11-25-23)20-26-17-9-6-8-16(19(24)29)18(17)27-20/h6,8-9,15,25H,7,10-14H2,1-5H3,(H2,24,29)(H,26,27). The van der Waals surface area contributed by atoms with E-state index < -0.39 is 5.91 Å². The zero-order valence-electron chi connectivity index (χ0n) is 18.4. The van der Waals surface area contributed by atoms with Gasteiger partial charge in [0.1, 0.15) is 11.3 Å². The van der Waals surface area contributed by atoms with Gasteiger partial charge in [0.25, 0.3) is 5.91 Å². The number of H-pyrrole nitrogens is 1. The molecule has 158 valence electrons. The predicted octanol–water partition coefficient (Wildman–Crippen LogP) is 3.53. The van der Waals surface area contributed by atoms with Crippen molar-refractivity contribution in [2.24, 2.45) is 11.7 Å². The molecule has 0 bridgehead atoms. The molecule has 1 aromatic carbocycles. The minimum atomic E-state index is -0.430. The maximum absolute atomic E-state index is 11.9. The Kier molecular flexibility index (Phi) is 4.78. The van der Waals surface area contributed by atoms with Gasteiger partial charge in [0.05, 0.1) is 16.6 Å². The van der Waals surface area contributed by atoms with Gasteiger partial charge < -0.3 is 16.0 Å². The summed E-state index contributed by atoms with van der Waals surface area (Å²) in [5.41, 5.74) is 7.81. The lowest BCUT2D eigenvalue weighted by Gasteiger charge is -2.54. The fraction of sp³-hybridized carbons (Fsp3) is 0.652. The predicted molar refractivity (Wildman–Crippen MR) is 117 cm³/mol.